The molecule has 11 nitrogen and oxygen atoms in total. The number of amides is 1. The standard InChI is InChI=1S/C30H29N9O2/c1-16(40)25-26(20-12-21-9-10-22(13-20)38(21)30(41)28-34-17(2)36-37-28)35-29-23(15-33-39(29)27(25)31)19-8-11-24(32-14-19)18-6-4-3-5-7-18/h3-8,11,14-15,20-22H,9-10,12-13,31H2,1-2H3,(H,34,36,37). The molecule has 0 radical (unpaired) electrons. The molecule has 41 heavy (non-hydrogen) atoms. The van der Waals surface area contributed by atoms with Gasteiger partial charge < -0.3 is 10.6 Å². The number of piperidine rings is 1. The van der Waals surface area contributed by atoms with Crippen molar-refractivity contribution in [1.82, 2.24) is 39.7 Å². The molecule has 1 aromatic carbocycles. The first kappa shape index (κ1) is 25.1. The zero-order chi connectivity index (χ0) is 28.2. The van der Waals surface area contributed by atoms with Crippen LogP contribution >= 0.6 is 0 Å². The van der Waals surface area contributed by atoms with Gasteiger partial charge in [0.15, 0.2) is 11.4 Å². The number of nitrogens with one attached hydrogen (secondary N) is 1. The van der Waals surface area contributed by atoms with Gasteiger partial charge in [-0.05, 0) is 45.6 Å². The number of aromatic amines is 1. The third-order valence-corrected chi connectivity index (χ3v) is 8.35. The Kier molecular flexibility index (Phi) is 5.88. The van der Waals surface area contributed by atoms with E-state index in [1.165, 1.54) is 6.92 Å². The molecule has 2 atom stereocenters. The molecule has 2 fully saturated rings. The van der Waals surface area contributed by atoms with E-state index in [0.717, 1.165) is 35.2 Å². The lowest BCUT2D eigenvalue weighted by atomic mass is 9.85. The number of fused-ring (bicyclic) bond motifs is 3. The highest BCUT2D eigenvalue weighted by Crippen LogP contribution is 2.45. The molecule has 0 saturated carbocycles. The van der Waals surface area contributed by atoms with Crippen molar-refractivity contribution in [3.63, 3.8) is 0 Å². The third kappa shape index (κ3) is 4.16. The van der Waals surface area contributed by atoms with E-state index in [9.17, 15) is 9.59 Å². The fourth-order valence-corrected chi connectivity index (χ4v) is 6.51. The van der Waals surface area contributed by atoms with Crippen LogP contribution in [0, 0.1) is 6.92 Å². The molecule has 206 valence electrons. The second-order valence-electron chi connectivity index (χ2n) is 10.9. The Morgan fingerprint density at radius 1 is 0.976 bits per heavy atom. The Labute approximate surface area is 235 Å². The lowest BCUT2D eigenvalue weighted by Crippen LogP contribution is -2.46. The number of benzene rings is 1. The molecule has 11 heteroatoms. The van der Waals surface area contributed by atoms with Crippen molar-refractivity contribution in [1.29, 1.82) is 0 Å². The first-order valence-electron chi connectivity index (χ1n) is 13.8. The summed E-state index contributed by atoms with van der Waals surface area (Å²) in [5.74, 6) is 0.745. The zero-order valence-corrected chi connectivity index (χ0v) is 22.8. The van der Waals surface area contributed by atoms with Crippen LogP contribution < -0.4 is 5.73 Å². The van der Waals surface area contributed by atoms with Gasteiger partial charge in [-0.1, -0.05) is 36.4 Å². The highest BCUT2D eigenvalue weighted by atomic mass is 16.2. The van der Waals surface area contributed by atoms with Gasteiger partial charge in [-0.15, -0.1) is 5.10 Å². The summed E-state index contributed by atoms with van der Waals surface area (Å²) >= 11 is 0. The van der Waals surface area contributed by atoms with Gasteiger partial charge in [0, 0.05) is 40.9 Å². The van der Waals surface area contributed by atoms with Crippen molar-refractivity contribution in [3.8, 4) is 22.4 Å². The number of carbonyl (C=O) groups excluding carboxylic acids is 2. The summed E-state index contributed by atoms with van der Waals surface area (Å²) in [6.45, 7) is 3.29. The molecule has 2 unspecified atom stereocenters. The first-order valence-corrected chi connectivity index (χ1v) is 13.8. The Hall–Kier alpha value is -4.93. The molecule has 2 saturated heterocycles. The molecule has 0 aliphatic carbocycles. The third-order valence-electron chi connectivity index (χ3n) is 8.35. The van der Waals surface area contributed by atoms with E-state index in [4.69, 9.17) is 10.7 Å². The Bertz CT molecular complexity index is 1780. The maximum Gasteiger partial charge on any atom is 0.294 e. The fraction of sp³-hybridized carbons (Fsp3) is 0.300. The van der Waals surface area contributed by atoms with Crippen LogP contribution in [0.1, 0.15) is 71.0 Å². The largest absolute Gasteiger partial charge is 0.383 e. The summed E-state index contributed by atoms with van der Waals surface area (Å²) in [4.78, 5) is 42.1. The maximum atomic E-state index is 13.3. The number of anilines is 1. The number of nitrogen functional groups attached to an aromatic ring is 1. The highest BCUT2D eigenvalue weighted by molar-refractivity contribution is 6.00. The average Bonchev–Trinajstić information content (AvgIpc) is 3.68. The number of rotatable bonds is 5. The highest BCUT2D eigenvalue weighted by Gasteiger charge is 2.46. The minimum Gasteiger partial charge on any atom is -0.383 e. The van der Waals surface area contributed by atoms with Gasteiger partial charge in [-0.3, -0.25) is 19.7 Å². The minimum atomic E-state index is -0.153. The first-order chi connectivity index (χ1) is 19.9. The second-order valence-corrected chi connectivity index (χ2v) is 10.9. The topological polar surface area (TPSA) is 148 Å². The average molecular weight is 548 g/mol. The van der Waals surface area contributed by atoms with E-state index in [1.807, 2.05) is 53.6 Å². The lowest BCUT2D eigenvalue weighted by molar-refractivity contribution is 0.0556. The quantitative estimate of drug-likeness (QED) is 0.311. The number of nitrogens with two attached hydrogens (primary N) is 1. The van der Waals surface area contributed by atoms with Crippen LogP contribution in [0.25, 0.3) is 28.0 Å². The number of aryl methyl sites for hydroxylation is 1. The van der Waals surface area contributed by atoms with Gasteiger partial charge in [0.05, 0.1) is 23.1 Å². The van der Waals surface area contributed by atoms with E-state index in [1.54, 1.807) is 17.6 Å². The molecular formula is C30H29N9O2. The van der Waals surface area contributed by atoms with Gasteiger partial charge in [0.25, 0.3) is 5.91 Å². The second kappa shape index (κ2) is 9.61. The van der Waals surface area contributed by atoms with Gasteiger partial charge in [-0.2, -0.15) is 9.61 Å². The number of hydrogen-bond acceptors (Lipinski definition) is 8. The SMILES string of the molecule is CC(=O)c1c(C2CC3CCC(C2)N3C(=O)c2n[nH]c(C)n2)nc2c(-c3ccc(-c4ccccc4)nc3)cnn2c1N. The molecule has 6 heterocycles. The van der Waals surface area contributed by atoms with E-state index < -0.39 is 0 Å². The number of Topliss-reactive ketones (excluding diaryl/α,β-unsaturated/α-hetero) is 1. The Balaban J connectivity index is 1.25. The van der Waals surface area contributed by atoms with Gasteiger partial charge in [0.2, 0.25) is 5.82 Å². The number of ketones is 1. The molecule has 2 bridgehead atoms. The van der Waals surface area contributed by atoms with Crippen LogP contribution in [0.2, 0.25) is 0 Å². The minimum absolute atomic E-state index is 0.0169. The van der Waals surface area contributed by atoms with E-state index in [0.29, 0.717) is 35.6 Å². The molecule has 3 N–H and O–H groups in total. The zero-order valence-electron chi connectivity index (χ0n) is 22.8. The fourth-order valence-electron chi connectivity index (χ4n) is 6.51. The van der Waals surface area contributed by atoms with E-state index >= 15 is 0 Å². The van der Waals surface area contributed by atoms with Crippen LogP contribution in [-0.4, -0.2) is 63.4 Å². The van der Waals surface area contributed by atoms with Crippen molar-refractivity contribution in [2.24, 2.45) is 0 Å². The molecule has 0 spiro atoms. The van der Waals surface area contributed by atoms with Crippen LogP contribution in [-0.2, 0) is 0 Å². The maximum absolute atomic E-state index is 13.3. The monoisotopic (exact) mass is 547 g/mol. The predicted molar refractivity (Wildman–Crippen MR) is 152 cm³/mol. The summed E-state index contributed by atoms with van der Waals surface area (Å²) in [7, 11) is 0. The number of H-pyrrole nitrogens is 1. The molecule has 1 amide bonds. The summed E-state index contributed by atoms with van der Waals surface area (Å²) in [5, 5.41) is 11.3. The number of carbonyl (C=O) groups is 2. The predicted octanol–water partition coefficient (Wildman–Crippen LogP) is 4.22. The number of nitrogens with zero attached hydrogens (tertiary/aromatic N) is 7. The van der Waals surface area contributed by atoms with Crippen LogP contribution in [0.5, 0.6) is 0 Å². The van der Waals surface area contributed by atoms with Gasteiger partial charge in [0.1, 0.15) is 11.6 Å². The Morgan fingerprint density at radius 2 is 1.73 bits per heavy atom. The number of pyridine rings is 1. The Morgan fingerprint density at radius 3 is 2.37 bits per heavy atom. The summed E-state index contributed by atoms with van der Waals surface area (Å²) in [5.41, 5.74) is 11.8. The summed E-state index contributed by atoms with van der Waals surface area (Å²) < 4.78 is 1.54. The van der Waals surface area contributed by atoms with Gasteiger partial charge in [-0.25, -0.2) is 9.97 Å². The summed E-state index contributed by atoms with van der Waals surface area (Å²) in [6.07, 6.45) is 6.68. The molecule has 7 rings (SSSR count). The lowest BCUT2D eigenvalue weighted by Gasteiger charge is -2.38. The number of aromatic nitrogens is 7. The molecular weight excluding hydrogens is 518 g/mol. The number of hydrogen-bond donors (Lipinski definition) is 2. The van der Waals surface area contributed by atoms with Crippen molar-refractivity contribution in [2.45, 2.75) is 57.5 Å². The van der Waals surface area contributed by atoms with Crippen molar-refractivity contribution < 1.29 is 9.59 Å². The molecule has 2 aliphatic heterocycles. The smallest absolute Gasteiger partial charge is 0.294 e. The van der Waals surface area contributed by atoms with Crippen LogP contribution in [0.15, 0.2) is 54.9 Å². The van der Waals surface area contributed by atoms with E-state index in [2.05, 4.69) is 25.3 Å². The van der Waals surface area contributed by atoms with Crippen LogP contribution in [0.3, 0.4) is 0 Å². The van der Waals surface area contributed by atoms with Crippen molar-refractivity contribution in [2.75, 3.05) is 5.73 Å². The van der Waals surface area contributed by atoms with Gasteiger partial charge >= 0.3 is 0 Å². The van der Waals surface area contributed by atoms with Crippen molar-refractivity contribution in [3.05, 3.63) is 77.8 Å². The molecule has 2 aliphatic rings. The van der Waals surface area contributed by atoms with Crippen molar-refractivity contribution >= 4 is 23.2 Å². The summed E-state index contributed by atoms with van der Waals surface area (Å²) in [6, 6.07) is 14.0. The molecule has 5 aromatic rings. The van der Waals surface area contributed by atoms with Crippen LogP contribution in [0.4, 0.5) is 5.82 Å². The normalized spacial score (nSPS) is 20.0. The van der Waals surface area contributed by atoms with E-state index in [-0.39, 0.29) is 41.3 Å². The molecule has 4 aromatic heterocycles.